The second kappa shape index (κ2) is 7.24. The van der Waals surface area contributed by atoms with Crippen molar-refractivity contribution in [2.24, 2.45) is 0 Å². The Balaban J connectivity index is 1.98. The minimum Gasteiger partial charge on any atom is -0.466 e. The zero-order valence-corrected chi connectivity index (χ0v) is 15.1. The van der Waals surface area contributed by atoms with E-state index in [2.05, 4.69) is 15.6 Å². The number of nitrogens with one attached hydrogen (secondary N) is 2. The van der Waals surface area contributed by atoms with Crippen LogP contribution in [0.4, 0.5) is 4.79 Å². The number of rotatable bonds is 4. The molecule has 0 aliphatic heterocycles. The number of amides is 3. The number of fused-ring (bicyclic) bond motifs is 3. The maximum Gasteiger partial charge on any atom is 0.321 e. The van der Waals surface area contributed by atoms with Crippen molar-refractivity contribution < 1.29 is 19.1 Å². The molecule has 0 unspecified atom stereocenters. The van der Waals surface area contributed by atoms with Crippen LogP contribution in [0.2, 0.25) is 0 Å². The molecule has 10 heteroatoms. The lowest BCUT2D eigenvalue weighted by molar-refractivity contribution is -0.144. The summed E-state index contributed by atoms with van der Waals surface area (Å²) in [5.74, 6) is -1.47. The van der Waals surface area contributed by atoms with Crippen LogP contribution in [0.25, 0.3) is 10.2 Å². The van der Waals surface area contributed by atoms with Crippen molar-refractivity contribution in [2.45, 2.75) is 32.2 Å². The molecule has 0 saturated carbocycles. The first-order chi connectivity index (χ1) is 12.5. The summed E-state index contributed by atoms with van der Waals surface area (Å²) >= 11 is 1.38. The molecular weight excluding hydrogens is 360 g/mol. The third kappa shape index (κ3) is 3.19. The largest absolute Gasteiger partial charge is 0.466 e. The number of ether oxygens (including phenoxy) is 1. The molecule has 26 heavy (non-hydrogen) atoms. The van der Waals surface area contributed by atoms with Crippen LogP contribution in [-0.4, -0.2) is 41.1 Å². The summed E-state index contributed by atoms with van der Waals surface area (Å²) in [6.07, 6.45) is 2.57. The van der Waals surface area contributed by atoms with Crippen molar-refractivity contribution >= 4 is 39.5 Å². The van der Waals surface area contributed by atoms with Gasteiger partial charge in [-0.3, -0.25) is 24.3 Å². The average Bonchev–Trinajstić information content (AvgIpc) is 3.16. The fraction of sp³-hybridized carbons (Fsp3) is 0.438. The highest BCUT2D eigenvalue weighted by molar-refractivity contribution is 7.18. The van der Waals surface area contributed by atoms with E-state index in [9.17, 15) is 19.2 Å². The predicted octanol–water partition coefficient (Wildman–Crippen LogP) is 0.507. The quantitative estimate of drug-likeness (QED) is 0.748. The molecule has 1 aliphatic rings. The molecule has 2 N–H and O–H groups in total. The van der Waals surface area contributed by atoms with Gasteiger partial charge in [-0.25, -0.2) is 9.78 Å². The lowest BCUT2D eigenvalue weighted by Gasteiger charge is -2.10. The van der Waals surface area contributed by atoms with Crippen LogP contribution < -0.4 is 16.2 Å². The Hall–Kier alpha value is -2.75. The number of imide groups is 1. The number of aromatic nitrogens is 2. The standard InChI is InChI=1S/C16H18N4O5S/c1-3-25-15(23)8-4-5-9-11(8)12-13(26-9)18-7-20(14(12)22)6-10(21)19-16(24)17-2/h7-8H,3-6H2,1-2H3,(H2,17,19,21,24)/t8-/m0/s1. The Morgan fingerprint density at radius 2 is 2.19 bits per heavy atom. The zero-order chi connectivity index (χ0) is 18.8. The van der Waals surface area contributed by atoms with Crippen molar-refractivity contribution in [1.29, 1.82) is 0 Å². The topological polar surface area (TPSA) is 119 Å². The molecule has 0 radical (unpaired) electrons. The van der Waals surface area contributed by atoms with Crippen LogP contribution in [0.3, 0.4) is 0 Å². The molecule has 9 nitrogen and oxygen atoms in total. The number of hydrogen-bond acceptors (Lipinski definition) is 7. The van der Waals surface area contributed by atoms with Crippen LogP contribution in [0, 0.1) is 0 Å². The second-order valence-corrected chi connectivity index (χ2v) is 6.85. The van der Waals surface area contributed by atoms with Crippen molar-refractivity contribution in [3.63, 3.8) is 0 Å². The van der Waals surface area contributed by atoms with Crippen LogP contribution in [0.1, 0.15) is 29.7 Å². The Labute approximate surface area is 152 Å². The predicted molar refractivity (Wildman–Crippen MR) is 94.2 cm³/mol. The van der Waals surface area contributed by atoms with Gasteiger partial charge in [-0.05, 0) is 25.3 Å². The number of thiophene rings is 1. The Morgan fingerprint density at radius 1 is 1.42 bits per heavy atom. The van der Waals surface area contributed by atoms with Gasteiger partial charge < -0.3 is 10.1 Å². The number of carbonyl (C=O) groups is 3. The summed E-state index contributed by atoms with van der Waals surface area (Å²) in [6.45, 7) is 1.66. The van der Waals surface area contributed by atoms with Gasteiger partial charge in [0.2, 0.25) is 5.91 Å². The molecule has 1 aliphatic carbocycles. The van der Waals surface area contributed by atoms with Gasteiger partial charge in [0.05, 0.1) is 24.2 Å². The molecule has 3 amide bonds. The molecule has 2 heterocycles. The maximum atomic E-state index is 12.9. The average molecular weight is 378 g/mol. The summed E-state index contributed by atoms with van der Waals surface area (Å²) in [6, 6.07) is -0.657. The molecule has 0 spiro atoms. The summed E-state index contributed by atoms with van der Waals surface area (Å²) in [7, 11) is 1.38. The molecular formula is C16H18N4O5S. The third-order valence-corrected chi connectivity index (χ3v) is 5.34. The fourth-order valence-corrected chi connectivity index (χ4v) is 4.25. The van der Waals surface area contributed by atoms with Crippen molar-refractivity contribution in [1.82, 2.24) is 20.2 Å². The monoisotopic (exact) mass is 378 g/mol. The summed E-state index contributed by atoms with van der Waals surface area (Å²) < 4.78 is 6.25. The van der Waals surface area contributed by atoms with Crippen molar-refractivity contribution in [3.05, 3.63) is 27.1 Å². The molecule has 1 atom stereocenters. The number of esters is 1. The third-order valence-electron chi connectivity index (χ3n) is 4.17. The molecule has 2 aromatic heterocycles. The van der Waals surface area contributed by atoms with E-state index in [4.69, 9.17) is 4.74 Å². The highest BCUT2D eigenvalue weighted by Gasteiger charge is 2.35. The van der Waals surface area contributed by atoms with E-state index in [1.54, 1.807) is 6.92 Å². The van der Waals surface area contributed by atoms with E-state index in [0.717, 1.165) is 9.44 Å². The maximum absolute atomic E-state index is 12.9. The van der Waals surface area contributed by atoms with Crippen LogP contribution in [0.5, 0.6) is 0 Å². The Bertz CT molecular complexity index is 948. The lowest BCUT2D eigenvalue weighted by atomic mass is 10.0. The number of carbonyl (C=O) groups excluding carboxylic acids is 3. The van der Waals surface area contributed by atoms with Crippen molar-refractivity contribution in [3.8, 4) is 0 Å². The molecule has 0 aromatic carbocycles. The first-order valence-electron chi connectivity index (χ1n) is 8.15. The van der Waals surface area contributed by atoms with Gasteiger partial charge in [-0.2, -0.15) is 0 Å². The zero-order valence-electron chi connectivity index (χ0n) is 14.3. The van der Waals surface area contributed by atoms with Gasteiger partial charge in [0.25, 0.3) is 5.56 Å². The highest BCUT2D eigenvalue weighted by atomic mass is 32.1. The first-order valence-corrected chi connectivity index (χ1v) is 8.96. The lowest BCUT2D eigenvalue weighted by Crippen LogP contribution is -2.40. The van der Waals surface area contributed by atoms with Crippen molar-refractivity contribution in [2.75, 3.05) is 13.7 Å². The van der Waals surface area contributed by atoms with Gasteiger partial charge in [0, 0.05) is 11.9 Å². The van der Waals surface area contributed by atoms with Gasteiger partial charge >= 0.3 is 12.0 Å². The first kappa shape index (κ1) is 18.1. The molecule has 0 saturated heterocycles. The van der Waals surface area contributed by atoms with E-state index in [-0.39, 0.29) is 19.1 Å². The summed E-state index contributed by atoms with van der Waals surface area (Å²) in [4.78, 5) is 53.9. The van der Waals surface area contributed by atoms with Gasteiger partial charge in [0.15, 0.2) is 0 Å². The second-order valence-electron chi connectivity index (χ2n) is 5.77. The van der Waals surface area contributed by atoms with E-state index in [0.29, 0.717) is 28.6 Å². The molecule has 0 fully saturated rings. The SMILES string of the molecule is CCOC(=O)[C@H]1CCc2sc3ncn(CC(=O)NC(=O)NC)c(=O)c3c21. The number of aryl methyl sites for hydroxylation is 1. The van der Waals surface area contributed by atoms with Crippen LogP contribution in [0.15, 0.2) is 11.1 Å². The van der Waals surface area contributed by atoms with E-state index in [1.165, 1.54) is 24.7 Å². The smallest absolute Gasteiger partial charge is 0.321 e. The van der Waals surface area contributed by atoms with E-state index >= 15 is 0 Å². The van der Waals surface area contributed by atoms with Gasteiger partial charge in [-0.15, -0.1) is 11.3 Å². The molecule has 138 valence electrons. The van der Waals surface area contributed by atoms with E-state index < -0.39 is 23.4 Å². The Morgan fingerprint density at radius 3 is 2.88 bits per heavy atom. The highest BCUT2D eigenvalue weighted by Crippen LogP contribution is 2.42. The molecule has 2 aromatic rings. The Kier molecular flexibility index (Phi) is 5.03. The number of nitrogens with zero attached hydrogens (tertiary/aromatic N) is 2. The normalized spacial score (nSPS) is 15.5. The fourth-order valence-electron chi connectivity index (χ4n) is 3.04. The minimum absolute atomic E-state index is 0.273. The van der Waals surface area contributed by atoms with Gasteiger partial charge in [-0.1, -0.05) is 0 Å². The number of urea groups is 1. The van der Waals surface area contributed by atoms with Crippen LogP contribution >= 0.6 is 11.3 Å². The molecule has 3 rings (SSSR count). The van der Waals surface area contributed by atoms with Gasteiger partial charge in [0.1, 0.15) is 11.4 Å². The summed E-state index contributed by atoms with van der Waals surface area (Å²) in [5.41, 5.74) is 0.262. The van der Waals surface area contributed by atoms with Crippen LogP contribution in [-0.2, 0) is 27.3 Å². The minimum atomic E-state index is -0.657. The summed E-state index contributed by atoms with van der Waals surface area (Å²) in [5, 5.41) is 4.71. The molecule has 0 bridgehead atoms. The van der Waals surface area contributed by atoms with E-state index in [1.807, 2.05) is 0 Å². The number of hydrogen-bond donors (Lipinski definition) is 2.